The highest BCUT2D eigenvalue weighted by Crippen LogP contribution is 2.53. The fourth-order valence-corrected chi connectivity index (χ4v) is 5.08. The number of hydrogen-bond donors (Lipinski definition) is 2. The van der Waals surface area contributed by atoms with Crippen LogP contribution in [-0.2, 0) is 9.53 Å². The Morgan fingerprint density at radius 3 is 2.57 bits per heavy atom. The van der Waals surface area contributed by atoms with E-state index in [1.165, 1.54) is 38.5 Å². The third-order valence-corrected chi connectivity index (χ3v) is 6.44. The van der Waals surface area contributed by atoms with Gasteiger partial charge in [-0.15, -0.1) is 12.4 Å². The highest BCUT2D eigenvalue weighted by Gasteiger charge is 2.56. The van der Waals surface area contributed by atoms with Crippen molar-refractivity contribution in [2.45, 2.75) is 89.3 Å². The largest absolute Gasteiger partial charge is 0.378 e. The van der Waals surface area contributed by atoms with E-state index in [0.29, 0.717) is 24.5 Å². The molecular formula is C18H33ClN2O2. The Morgan fingerprint density at radius 1 is 1.22 bits per heavy atom. The van der Waals surface area contributed by atoms with Crippen molar-refractivity contribution in [2.75, 3.05) is 6.61 Å². The second-order valence-corrected chi connectivity index (χ2v) is 7.65. The average molecular weight is 345 g/mol. The molecule has 1 amide bonds. The Kier molecular flexibility index (Phi) is 6.76. The number of nitrogens with one attached hydrogen (secondary N) is 1. The molecule has 0 bridgehead atoms. The molecule has 3 N–H and O–H groups in total. The van der Waals surface area contributed by atoms with Crippen LogP contribution in [0, 0.1) is 11.3 Å². The Hall–Kier alpha value is -0.320. The van der Waals surface area contributed by atoms with Crippen molar-refractivity contribution in [3.63, 3.8) is 0 Å². The van der Waals surface area contributed by atoms with Crippen LogP contribution in [0.5, 0.6) is 0 Å². The van der Waals surface area contributed by atoms with E-state index in [1.807, 2.05) is 0 Å². The van der Waals surface area contributed by atoms with Crippen LogP contribution < -0.4 is 11.1 Å². The number of rotatable bonds is 5. The molecule has 3 rings (SSSR count). The molecule has 1 spiro atoms. The van der Waals surface area contributed by atoms with Crippen LogP contribution in [-0.4, -0.2) is 30.7 Å². The lowest BCUT2D eigenvalue weighted by molar-refractivity contribution is -0.157. The minimum absolute atomic E-state index is 0. The summed E-state index contributed by atoms with van der Waals surface area (Å²) in [6, 6.07) is 0.557. The standard InChI is InChI=1S/C18H32N2O2.ClH/c1-2-22-16-12-15(18(16)9-4-3-5-10-18)20-17(21)11-13-7-6-8-14(13)19;/h13-16H,2-12,19H2,1H3,(H,20,21);1H/t13-,14+,15?,16?;/m0./s1. The number of ether oxygens (including phenoxy) is 1. The van der Waals surface area contributed by atoms with Crippen molar-refractivity contribution in [1.82, 2.24) is 5.32 Å². The van der Waals surface area contributed by atoms with Gasteiger partial charge in [0.2, 0.25) is 5.91 Å². The highest BCUT2D eigenvalue weighted by atomic mass is 35.5. The van der Waals surface area contributed by atoms with Gasteiger partial charge in [0, 0.05) is 30.5 Å². The van der Waals surface area contributed by atoms with E-state index in [4.69, 9.17) is 10.5 Å². The maximum atomic E-state index is 12.4. The van der Waals surface area contributed by atoms with Crippen molar-refractivity contribution < 1.29 is 9.53 Å². The van der Waals surface area contributed by atoms with E-state index < -0.39 is 0 Å². The first-order valence-electron chi connectivity index (χ1n) is 9.32. The van der Waals surface area contributed by atoms with Gasteiger partial charge >= 0.3 is 0 Å². The molecule has 0 saturated heterocycles. The SMILES string of the molecule is CCOC1CC(NC(=O)C[C@@H]2CCC[C@H]2N)C12CCCCC2.Cl. The summed E-state index contributed by atoms with van der Waals surface area (Å²) in [5.74, 6) is 0.609. The third kappa shape index (κ3) is 3.85. The summed E-state index contributed by atoms with van der Waals surface area (Å²) in [7, 11) is 0. The van der Waals surface area contributed by atoms with Gasteiger partial charge in [-0.1, -0.05) is 25.7 Å². The topological polar surface area (TPSA) is 64.3 Å². The lowest BCUT2D eigenvalue weighted by atomic mass is 9.55. The van der Waals surface area contributed by atoms with Gasteiger partial charge in [-0.3, -0.25) is 4.79 Å². The molecule has 3 aliphatic carbocycles. The molecule has 0 aromatic carbocycles. The summed E-state index contributed by atoms with van der Waals surface area (Å²) in [4.78, 5) is 12.4. The molecule has 23 heavy (non-hydrogen) atoms. The van der Waals surface area contributed by atoms with Crippen LogP contribution in [0.4, 0.5) is 0 Å². The molecule has 3 saturated carbocycles. The third-order valence-electron chi connectivity index (χ3n) is 6.44. The lowest BCUT2D eigenvalue weighted by Gasteiger charge is -2.57. The molecule has 4 nitrogen and oxygen atoms in total. The molecule has 0 radical (unpaired) electrons. The predicted octanol–water partition coefficient (Wildman–Crippen LogP) is 3.17. The second-order valence-electron chi connectivity index (χ2n) is 7.65. The van der Waals surface area contributed by atoms with Crippen molar-refractivity contribution in [3.8, 4) is 0 Å². The van der Waals surface area contributed by atoms with Crippen LogP contribution in [0.1, 0.15) is 71.1 Å². The summed E-state index contributed by atoms with van der Waals surface area (Å²) >= 11 is 0. The highest BCUT2D eigenvalue weighted by molar-refractivity contribution is 5.85. The Morgan fingerprint density at radius 2 is 1.96 bits per heavy atom. The van der Waals surface area contributed by atoms with Crippen LogP contribution in [0.2, 0.25) is 0 Å². The first-order valence-corrected chi connectivity index (χ1v) is 9.32. The van der Waals surface area contributed by atoms with Crippen LogP contribution >= 0.6 is 12.4 Å². The number of nitrogens with two attached hydrogens (primary N) is 1. The number of carbonyl (C=O) groups is 1. The Bertz CT molecular complexity index is 398. The quantitative estimate of drug-likeness (QED) is 0.805. The molecule has 0 aromatic heterocycles. The Balaban J connectivity index is 0.00000192. The van der Waals surface area contributed by atoms with Gasteiger partial charge in [0.15, 0.2) is 0 Å². The van der Waals surface area contributed by atoms with E-state index in [1.54, 1.807) is 0 Å². The first kappa shape index (κ1) is 19.0. The molecule has 134 valence electrons. The number of carbonyl (C=O) groups excluding carboxylic acids is 1. The van der Waals surface area contributed by atoms with E-state index in [2.05, 4.69) is 12.2 Å². The van der Waals surface area contributed by atoms with E-state index in [-0.39, 0.29) is 29.8 Å². The monoisotopic (exact) mass is 344 g/mol. The van der Waals surface area contributed by atoms with Crippen LogP contribution in [0.3, 0.4) is 0 Å². The van der Waals surface area contributed by atoms with Gasteiger partial charge in [-0.25, -0.2) is 0 Å². The first-order chi connectivity index (χ1) is 10.7. The molecule has 5 heteroatoms. The van der Waals surface area contributed by atoms with Crippen molar-refractivity contribution in [3.05, 3.63) is 0 Å². The summed E-state index contributed by atoms with van der Waals surface area (Å²) < 4.78 is 5.96. The van der Waals surface area contributed by atoms with E-state index in [0.717, 1.165) is 25.9 Å². The summed E-state index contributed by atoms with van der Waals surface area (Å²) in [5, 5.41) is 3.34. The summed E-state index contributed by atoms with van der Waals surface area (Å²) in [5.41, 5.74) is 6.33. The van der Waals surface area contributed by atoms with Gasteiger partial charge in [0.1, 0.15) is 0 Å². The maximum Gasteiger partial charge on any atom is 0.220 e. The molecule has 0 aliphatic heterocycles. The fourth-order valence-electron chi connectivity index (χ4n) is 5.08. The van der Waals surface area contributed by atoms with Gasteiger partial charge in [0.05, 0.1) is 6.10 Å². The van der Waals surface area contributed by atoms with Gasteiger partial charge in [0.25, 0.3) is 0 Å². The minimum Gasteiger partial charge on any atom is -0.378 e. The van der Waals surface area contributed by atoms with Crippen molar-refractivity contribution >= 4 is 18.3 Å². The molecular weight excluding hydrogens is 312 g/mol. The molecule has 0 heterocycles. The Labute approximate surface area is 146 Å². The summed E-state index contributed by atoms with van der Waals surface area (Å²) in [6.07, 6.45) is 11.7. The van der Waals surface area contributed by atoms with E-state index in [9.17, 15) is 4.79 Å². The molecule has 0 aromatic rings. The normalized spacial score (nSPS) is 35.4. The van der Waals surface area contributed by atoms with Crippen LogP contribution in [0.15, 0.2) is 0 Å². The summed E-state index contributed by atoms with van der Waals surface area (Å²) in [6.45, 7) is 2.86. The van der Waals surface area contributed by atoms with Gasteiger partial charge in [-0.2, -0.15) is 0 Å². The zero-order valence-corrected chi connectivity index (χ0v) is 15.2. The van der Waals surface area contributed by atoms with Crippen molar-refractivity contribution in [1.29, 1.82) is 0 Å². The maximum absolute atomic E-state index is 12.4. The number of halogens is 1. The lowest BCUT2D eigenvalue weighted by Crippen LogP contribution is -2.65. The average Bonchev–Trinajstić information content (AvgIpc) is 2.92. The van der Waals surface area contributed by atoms with Gasteiger partial charge < -0.3 is 15.8 Å². The van der Waals surface area contributed by atoms with Crippen LogP contribution in [0.25, 0.3) is 0 Å². The number of amides is 1. The number of hydrogen-bond acceptors (Lipinski definition) is 3. The predicted molar refractivity (Wildman–Crippen MR) is 94.7 cm³/mol. The molecule has 3 fully saturated rings. The zero-order chi connectivity index (χ0) is 15.6. The smallest absolute Gasteiger partial charge is 0.220 e. The minimum atomic E-state index is 0. The molecule has 4 atom stereocenters. The fraction of sp³-hybridized carbons (Fsp3) is 0.944. The van der Waals surface area contributed by atoms with E-state index >= 15 is 0 Å². The van der Waals surface area contributed by atoms with Crippen molar-refractivity contribution in [2.24, 2.45) is 17.1 Å². The zero-order valence-electron chi connectivity index (χ0n) is 14.4. The molecule has 2 unspecified atom stereocenters. The van der Waals surface area contributed by atoms with Gasteiger partial charge in [-0.05, 0) is 44.9 Å². The molecule has 3 aliphatic rings. The second kappa shape index (κ2) is 8.17.